The Morgan fingerprint density at radius 1 is 1.17 bits per heavy atom. The molecule has 2 aromatic carbocycles. The quantitative estimate of drug-likeness (QED) is 0.845. The van der Waals surface area contributed by atoms with Crippen molar-refractivity contribution in [3.63, 3.8) is 0 Å². The second-order valence-corrected chi connectivity index (χ2v) is 5.90. The maximum absolute atomic E-state index is 11.9. The van der Waals surface area contributed by atoms with Crippen LogP contribution in [0.5, 0.6) is 5.75 Å². The number of rotatable bonds is 6. The van der Waals surface area contributed by atoms with Crippen molar-refractivity contribution in [2.75, 3.05) is 11.9 Å². The molecule has 0 radical (unpaired) electrons. The van der Waals surface area contributed by atoms with Crippen LogP contribution in [0.1, 0.15) is 41.3 Å². The van der Waals surface area contributed by atoms with E-state index in [1.807, 2.05) is 25.1 Å². The van der Waals surface area contributed by atoms with Crippen LogP contribution in [0.15, 0.2) is 42.5 Å². The zero-order valence-electron chi connectivity index (χ0n) is 14.0. The standard InChI is InChI=1S/C19H21NO4/c1-12(2)17-8-7-16(9-13(17)3)24-11-18(21)20-15-6-4-5-14(10-15)19(22)23/h4-10,12H,11H2,1-3H3,(H,20,21)(H,22,23). The molecule has 0 spiro atoms. The summed E-state index contributed by atoms with van der Waals surface area (Å²) in [6.07, 6.45) is 0. The average Bonchev–Trinajstić information content (AvgIpc) is 2.53. The van der Waals surface area contributed by atoms with Crippen LogP contribution in [0.25, 0.3) is 0 Å². The van der Waals surface area contributed by atoms with E-state index >= 15 is 0 Å². The molecule has 0 saturated carbocycles. The van der Waals surface area contributed by atoms with Gasteiger partial charge in [0.25, 0.3) is 5.91 Å². The van der Waals surface area contributed by atoms with Crippen LogP contribution in [0.2, 0.25) is 0 Å². The van der Waals surface area contributed by atoms with Crippen molar-refractivity contribution in [2.24, 2.45) is 0 Å². The summed E-state index contributed by atoms with van der Waals surface area (Å²) >= 11 is 0. The maximum Gasteiger partial charge on any atom is 0.335 e. The lowest BCUT2D eigenvalue weighted by Crippen LogP contribution is -2.20. The SMILES string of the molecule is Cc1cc(OCC(=O)Nc2cccc(C(=O)O)c2)ccc1C(C)C. The molecule has 0 atom stereocenters. The van der Waals surface area contributed by atoms with Crippen LogP contribution in [0, 0.1) is 6.92 Å². The Kier molecular flexibility index (Phi) is 5.58. The molecule has 126 valence electrons. The highest BCUT2D eigenvalue weighted by atomic mass is 16.5. The number of carboxylic acids is 1. The van der Waals surface area contributed by atoms with E-state index in [1.54, 1.807) is 12.1 Å². The summed E-state index contributed by atoms with van der Waals surface area (Å²) in [7, 11) is 0. The van der Waals surface area contributed by atoms with E-state index < -0.39 is 5.97 Å². The number of aromatic carboxylic acids is 1. The van der Waals surface area contributed by atoms with Gasteiger partial charge in [-0.2, -0.15) is 0 Å². The Labute approximate surface area is 141 Å². The number of anilines is 1. The number of hydrogen-bond acceptors (Lipinski definition) is 3. The predicted octanol–water partition coefficient (Wildman–Crippen LogP) is 3.83. The number of nitrogens with one attached hydrogen (secondary N) is 1. The van der Waals surface area contributed by atoms with Crippen LogP contribution in [0.3, 0.4) is 0 Å². The Balaban J connectivity index is 1.95. The van der Waals surface area contributed by atoms with Gasteiger partial charge in [-0.15, -0.1) is 0 Å². The topological polar surface area (TPSA) is 75.6 Å². The molecule has 0 aliphatic rings. The normalized spacial score (nSPS) is 10.5. The molecule has 0 heterocycles. The van der Waals surface area contributed by atoms with E-state index in [2.05, 4.69) is 19.2 Å². The number of benzene rings is 2. The average molecular weight is 327 g/mol. The first-order valence-corrected chi connectivity index (χ1v) is 7.73. The minimum Gasteiger partial charge on any atom is -0.484 e. The predicted molar refractivity (Wildman–Crippen MR) is 92.8 cm³/mol. The van der Waals surface area contributed by atoms with Gasteiger partial charge in [0.15, 0.2) is 6.61 Å². The molecule has 5 heteroatoms. The molecule has 2 N–H and O–H groups in total. The fraction of sp³-hybridized carbons (Fsp3) is 0.263. The summed E-state index contributed by atoms with van der Waals surface area (Å²) < 4.78 is 5.50. The van der Waals surface area contributed by atoms with Gasteiger partial charge in [0, 0.05) is 5.69 Å². The molecular weight excluding hydrogens is 306 g/mol. The van der Waals surface area contributed by atoms with Crippen molar-refractivity contribution in [1.29, 1.82) is 0 Å². The van der Waals surface area contributed by atoms with Gasteiger partial charge in [0.05, 0.1) is 5.56 Å². The van der Waals surface area contributed by atoms with Gasteiger partial charge < -0.3 is 15.2 Å². The zero-order chi connectivity index (χ0) is 17.7. The number of carbonyl (C=O) groups excluding carboxylic acids is 1. The van der Waals surface area contributed by atoms with Gasteiger partial charge >= 0.3 is 5.97 Å². The van der Waals surface area contributed by atoms with Crippen LogP contribution in [-0.4, -0.2) is 23.6 Å². The van der Waals surface area contributed by atoms with E-state index in [0.29, 0.717) is 17.4 Å². The fourth-order valence-corrected chi connectivity index (χ4v) is 2.46. The molecule has 24 heavy (non-hydrogen) atoms. The summed E-state index contributed by atoms with van der Waals surface area (Å²) in [5.74, 6) is -0.318. The second-order valence-electron chi connectivity index (χ2n) is 5.90. The first kappa shape index (κ1) is 17.5. The maximum atomic E-state index is 11.9. The minimum atomic E-state index is -1.04. The highest BCUT2D eigenvalue weighted by Gasteiger charge is 2.08. The largest absolute Gasteiger partial charge is 0.484 e. The van der Waals surface area contributed by atoms with Gasteiger partial charge in [0.2, 0.25) is 0 Å². The molecule has 5 nitrogen and oxygen atoms in total. The van der Waals surface area contributed by atoms with E-state index in [1.165, 1.54) is 17.7 Å². The number of ether oxygens (including phenoxy) is 1. The molecule has 0 saturated heterocycles. The van der Waals surface area contributed by atoms with Gasteiger partial charge in [-0.25, -0.2) is 4.79 Å². The third-order valence-electron chi connectivity index (χ3n) is 3.63. The molecule has 1 amide bonds. The monoisotopic (exact) mass is 327 g/mol. The van der Waals surface area contributed by atoms with Crippen molar-refractivity contribution in [2.45, 2.75) is 26.7 Å². The summed E-state index contributed by atoms with van der Waals surface area (Å²) in [4.78, 5) is 22.9. The number of hydrogen-bond donors (Lipinski definition) is 2. The summed E-state index contributed by atoms with van der Waals surface area (Å²) in [5.41, 5.74) is 2.91. The molecule has 0 unspecified atom stereocenters. The van der Waals surface area contributed by atoms with Crippen molar-refractivity contribution in [3.05, 3.63) is 59.2 Å². The first-order chi connectivity index (χ1) is 11.4. The number of aryl methyl sites for hydroxylation is 1. The third-order valence-corrected chi connectivity index (χ3v) is 3.63. The zero-order valence-corrected chi connectivity index (χ0v) is 14.0. The first-order valence-electron chi connectivity index (χ1n) is 7.73. The summed E-state index contributed by atoms with van der Waals surface area (Å²) in [6.45, 7) is 6.13. The van der Waals surface area contributed by atoms with E-state index in [9.17, 15) is 9.59 Å². The lowest BCUT2D eigenvalue weighted by atomic mass is 9.98. The van der Waals surface area contributed by atoms with Crippen LogP contribution in [-0.2, 0) is 4.79 Å². The summed E-state index contributed by atoms with van der Waals surface area (Å²) in [5, 5.41) is 11.6. The molecule has 0 aliphatic heterocycles. The Morgan fingerprint density at radius 2 is 1.92 bits per heavy atom. The second kappa shape index (κ2) is 7.64. The van der Waals surface area contributed by atoms with Gasteiger partial charge in [0.1, 0.15) is 5.75 Å². The lowest BCUT2D eigenvalue weighted by Gasteiger charge is -2.12. The van der Waals surface area contributed by atoms with Crippen molar-refractivity contribution < 1.29 is 19.4 Å². The van der Waals surface area contributed by atoms with Crippen molar-refractivity contribution >= 4 is 17.6 Å². The van der Waals surface area contributed by atoms with Gasteiger partial charge in [-0.05, 0) is 54.3 Å². The Bertz CT molecular complexity index is 753. The number of carbonyl (C=O) groups is 2. The molecule has 0 aliphatic carbocycles. The lowest BCUT2D eigenvalue weighted by molar-refractivity contribution is -0.118. The van der Waals surface area contributed by atoms with Crippen LogP contribution >= 0.6 is 0 Å². The number of amides is 1. The van der Waals surface area contributed by atoms with Gasteiger partial charge in [-0.1, -0.05) is 26.0 Å². The Morgan fingerprint density at radius 3 is 2.54 bits per heavy atom. The molecular formula is C19H21NO4. The Hall–Kier alpha value is -2.82. The fourth-order valence-electron chi connectivity index (χ4n) is 2.46. The van der Waals surface area contributed by atoms with E-state index in [-0.39, 0.29) is 18.1 Å². The minimum absolute atomic E-state index is 0.119. The highest BCUT2D eigenvalue weighted by molar-refractivity contribution is 5.94. The smallest absolute Gasteiger partial charge is 0.335 e. The van der Waals surface area contributed by atoms with Crippen LogP contribution in [0.4, 0.5) is 5.69 Å². The van der Waals surface area contributed by atoms with E-state index in [0.717, 1.165) is 5.56 Å². The molecule has 2 rings (SSSR count). The summed E-state index contributed by atoms with van der Waals surface area (Å²) in [6, 6.07) is 11.8. The molecule has 0 bridgehead atoms. The van der Waals surface area contributed by atoms with Crippen molar-refractivity contribution in [1.82, 2.24) is 0 Å². The van der Waals surface area contributed by atoms with Crippen LogP contribution < -0.4 is 10.1 Å². The highest BCUT2D eigenvalue weighted by Crippen LogP contribution is 2.23. The molecule has 0 aromatic heterocycles. The third kappa shape index (κ3) is 4.59. The molecule has 2 aromatic rings. The van der Waals surface area contributed by atoms with Crippen molar-refractivity contribution in [3.8, 4) is 5.75 Å². The van der Waals surface area contributed by atoms with Gasteiger partial charge in [-0.3, -0.25) is 4.79 Å². The number of carboxylic acid groups (broad SMARTS) is 1. The molecule has 0 fully saturated rings. The van der Waals surface area contributed by atoms with E-state index in [4.69, 9.17) is 9.84 Å².